The van der Waals surface area contributed by atoms with Crippen LogP contribution in [0.3, 0.4) is 0 Å². The van der Waals surface area contributed by atoms with Gasteiger partial charge < -0.3 is 19.3 Å². The van der Waals surface area contributed by atoms with Crippen LogP contribution in [-0.2, 0) is 9.53 Å². The zero-order valence-corrected chi connectivity index (χ0v) is 11.4. The monoisotopic (exact) mass is 284 g/mol. The van der Waals surface area contributed by atoms with Crippen molar-refractivity contribution in [3.63, 3.8) is 0 Å². The number of rotatable bonds is 5. The predicted molar refractivity (Wildman–Crippen MR) is 71.2 cm³/mol. The number of hydrogen-bond acceptors (Lipinski definition) is 5. The average Bonchev–Trinajstić information content (AvgIpc) is 2.62. The molecule has 1 aliphatic heterocycles. The van der Waals surface area contributed by atoms with Crippen LogP contribution in [0.25, 0.3) is 0 Å². The molecule has 0 fully saturated rings. The highest BCUT2D eigenvalue weighted by molar-refractivity contribution is 8.00. The molecule has 2 rings (SSSR count). The maximum absolute atomic E-state index is 11.1. The molecule has 1 heterocycles. The van der Waals surface area contributed by atoms with Crippen molar-refractivity contribution in [2.45, 2.75) is 16.6 Å². The quantitative estimate of drug-likeness (QED) is 0.835. The van der Waals surface area contributed by atoms with E-state index in [0.717, 1.165) is 11.3 Å². The first-order chi connectivity index (χ1) is 9.20. The molecule has 0 saturated carbocycles. The summed E-state index contributed by atoms with van der Waals surface area (Å²) in [5.41, 5.74) is 0. The fourth-order valence-electron chi connectivity index (χ4n) is 1.69. The number of carbonyl (C=O) groups is 1. The van der Waals surface area contributed by atoms with Gasteiger partial charge in [-0.1, -0.05) is 0 Å². The van der Waals surface area contributed by atoms with Gasteiger partial charge in [-0.25, -0.2) is 0 Å². The summed E-state index contributed by atoms with van der Waals surface area (Å²) in [4.78, 5) is 11.9. The van der Waals surface area contributed by atoms with Gasteiger partial charge in [-0.3, -0.25) is 4.79 Å². The van der Waals surface area contributed by atoms with Gasteiger partial charge in [-0.05, 0) is 18.2 Å². The van der Waals surface area contributed by atoms with Crippen molar-refractivity contribution in [3.05, 3.63) is 18.2 Å². The maximum atomic E-state index is 11.1. The molecule has 5 nitrogen and oxygen atoms in total. The Morgan fingerprint density at radius 3 is 2.84 bits per heavy atom. The van der Waals surface area contributed by atoms with Crippen LogP contribution in [-0.4, -0.2) is 43.3 Å². The number of thioether (sulfide) groups is 1. The zero-order valence-electron chi connectivity index (χ0n) is 10.6. The van der Waals surface area contributed by atoms with E-state index in [0.29, 0.717) is 24.7 Å². The fraction of sp³-hybridized carbons (Fsp3) is 0.462. The number of methoxy groups -OCH3 is 1. The first kappa shape index (κ1) is 14.0. The molecule has 0 saturated heterocycles. The third-order valence-electron chi connectivity index (χ3n) is 2.59. The highest BCUT2D eigenvalue weighted by Gasteiger charge is 2.20. The first-order valence-corrected chi connectivity index (χ1v) is 6.86. The molecule has 1 aromatic carbocycles. The Bertz CT molecular complexity index is 449. The van der Waals surface area contributed by atoms with E-state index in [1.54, 1.807) is 0 Å². The molecule has 0 radical (unpaired) electrons. The second kappa shape index (κ2) is 6.68. The molecule has 1 aliphatic rings. The molecular formula is C13H16O5S. The molecule has 104 valence electrons. The standard InChI is InChI=1S/C13H16O5S/c1-16-8-12(13(14)15)19-9-3-4-10-11(7-9)18-6-2-5-17-10/h3-4,7,12H,2,5-6,8H2,1H3,(H,14,15). The predicted octanol–water partition coefficient (Wildman–Crippen LogP) is 2.04. The molecule has 1 N–H and O–H groups in total. The lowest BCUT2D eigenvalue weighted by atomic mass is 10.3. The van der Waals surface area contributed by atoms with E-state index in [1.165, 1.54) is 18.9 Å². The molecule has 1 unspecified atom stereocenters. The first-order valence-electron chi connectivity index (χ1n) is 5.99. The molecule has 0 aromatic heterocycles. The second-order valence-corrected chi connectivity index (χ2v) is 5.34. The fourth-order valence-corrected chi connectivity index (χ4v) is 2.64. The van der Waals surface area contributed by atoms with Crippen LogP contribution < -0.4 is 9.47 Å². The average molecular weight is 284 g/mol. The van der Waals surface area contributed by atoms with Crippen LogP contribution in [0.5, 0.6) is 11.5 Å². The molecule has 0 spiro atoms. The third-order valence-corrected chi connectivity index (χ3v) is 3.74. The van der Waals surface area contributed by atoms with Crippen molar-refractivity contribution in [1.82, 2.24) is 0 Å². The lowest BCUT2D eigenvalue weighted by Gasteiger charge is -2.13. The molecule has 0 aliphatic carbocycles. The largest absolute Gasteiger partial charge is 0.490 e. The zero-order chi connectivity index (χ0) is 13.7. The van der Waals surface area contributed by atoms with Crippen molar-refractivity contribution >= 4 is 17.7 Å². The van der Waals surface area contributed by atoms with Gasteiger partial charge in [0.1, 0.15) is 5.25 Å². The van der Waals surface area contributed by atoms with E-state index in [2.05, 4.69) is 0 Å². The van der Waals surface area contributed by atoms with E-state index < -0.39 is 11.2 Å². The minimum atomic E-state index is -0.890. The van der Waals surface area contributed by atoms with E-state index in [9.17, 15) is 4.79 Å². The summed E-state index contributed by atoms with van der Waals surface area (Å²) in [7, 11) is 1.49. The molecule has 0 bridgehead atoms. The number of ether oxygens (including phenoxy) is 3. The summed E-state index contributed by atoms with van der Waals surface area (Å²) in [6.07, 6.45) is 0.846. The molecule has 0 amide bonds. The van der Waals surface area contributed by atoms with Crippen LogP contribution in [0, 0.1) is 0 Å². The van der Waals surface area contributed by atoms with Gasteiger partial charge in [0.2, 0.25) is 0 Å². The highest BCUT2D eigenvalue weighted by Crippen LogP contribution is 2.35. The van der Waals surface area contributed by atoms with E-state index in [1.807, 2.05) is 18.2 Å². The van der Waals surface area contributed by atoms with Crippen LogP contribution in [0.4, 0.5) is 0 Å². The van der Waals surface area contributed by atoms with Gasteiger partial charge in [0.15, 0.2) is 11.5 Å². The van der Waals surface area contributed by atoms with Crippen molar-refractivity contribution in [2.24, 2.45) is 0 Å². The lowest BCUT2D eigenvalue weighted by Crippen LogP contribution is -2.21. The number of carboxylic acids is 1. The number of benzene rings is 1. The Labute approximate surface area is 115 Å². The summed E-state index contributed by atoms with van der Waals surface area (Å²) < 4.78 is 16.0. The van der Waals surface area contributed by atoms with Crippen molar-refractivity contribution in [3.8, 4) is 11.5 Å². The van der Waals surface area contributed by atoms with Crippen LogP contribution >= 0.6 is 11.8 Å². The van der Waals surface area contributed by atoms with E-state index in [-0.39, 0.29) is 6.61 Å². The molecular weight excluding hydrogens is 268 g/mol. The minimum absolute atomic E-state index is 0.161. The summed E-state index contributed by atoms with van der Waals surface area (Å²) in [5, 5.41) is 8.46. The number of aliphatic carboxylic acids is 1. The Morgan fingerprint density at radius 1 is 1.42 bits per heavy atom. The summed E-state index contributed by atoms with van der Waals surface area (Å²) in [6.45, 7) is 1.41. The summed E-state index contributed by atoms with van der Waals surface area (Å²) in [6, 6.07) is 5.47. The molecule has 1 aromatic rings. The number of carboxylic acid groups (broad SMARTS) is 1. The highest BCUT2D eigenvalue weighted by atomic mass is 32.2. The topological polar surface area (TPSA) is 65.0 Å². The Hall–Kier alpha value is -1.40. The number of hydrogen-bond donors (Lipinski definition) is 1. The Kier molecular flexibility index (Phi) is 4.93. The molecule has 1 atom stereocenters. The van der Waals surface area contributed by atoms with Gasteiger partial charge in [0.25, 0.3) is 0 Å². The van der Waals surface area contributed by atoms with Gasteiger partial charge in [0, 0.05) is 18.4 Å². The van der Waals surface area contributed by atoms with Crippen LogP contribution in [0.2, 0.25) is 0 Å². The van der Waals surface area contributed by atoms with Crippen molar-refractivity contribution < 1.29 is 24.1 Å². The Morgan fingerprint density at radius 2 is 2.16 bits per heavy atom. The van der Waals surface area contributed by atoms with Crippen molar-refractivity contribution in [2.75, 3.05) is 26.9 Å². The van der Waals surface area contributed by atoms with Gasteiger partial charge in [-0.15, -0.1) is 11.8 Å². The van der Waals surface area contributed by atoms with Crippen LogP contribution in [0.1, 0.15) is 6.42 Å². The Balaban J connectivity index is 2.12. The van der Waals surface area contributed by atoms with Gasteiger partial charge in [0.05, 0.1) is 19.8 Å². The lowest BCUT2D eigenvalue weighted by molar-refractivity contribution is -0.137. The van der Waals surface area contributed by atoms with E-state index in [4.69, 9.17) is 19.3 Å². The van der Waals surface area contributed by atoms with Gasteiger partial charge in [-0.2, -0.15) is 0 Å². The minimum Gasteiger partial charge on any atom is -0.490 e. The van der Waals surface area contributed by atoms with Crippen LogP contribution in [0.15, 0.2) is 23.1 Å². The van der Waals surface area contributed by atoms with Crippen molar-refractivity contribution in [1.29, 1.82) is 0 Å². The molecule has 19 heavy (non-hydrogen) atoms. The summed E-state index contributed by atoms with van der Waals surface area (Å²) in [5.74, 6) is 0.489. The molecule has 6 heteroatoms. The normalized spacial score (nSPS) is 15.6. The number of fused-ring (bicyclic) bond motifs is 1. The van der Waals surface area contributed by atoms with Gasteiger partial charge >= 0.3 is 5.97 Å². The third kappa shape index (κ3) is 3.78. The summed E-state index contributed by atoms with van der Waals surface area (Å²) >= 11 is 1.24. The SMILES string of the molecule is COCC(Sc1ccc2c(c1)OCCCO2)C(=O)O. The van der Waals surface area contributed by atoms with E-state index >= 15 is 0 Å². The maximum Gasteiger partial charge on any atom is 0.319 e. The smallest absolute Gasteiger partial charge is 0.319 e. The second-order valence-electron chi connectivity index (χ2n) is 4.06.